The Morgan fingerprint density at radius 3 is 2.38 bits per heavy atom. The number of piperazine rings is 1. The van der Waals surface area contributed by atoms with Crippen molar-refractivity contribution >= 4 is 23.3 Å². The van der Waals surface area contributed by atoms with Gasteiger partial charge in [-0.2, -0.15) is 0 Å². The van der Waals surface area contributed by atoms with Gasteiger partial charge in [-0.15, -0.1) is 0 Å². The summed E-state index contributed by atoms with van der Waals surface area (Å²) < 4.78 is 0. The summed E-state index contributed by atoms with van der Waals surface area (Å²) in [5.74, 6) is -0.00579. The van der Waals surface area contributed by atoms with E-state index in [1.807, 2.05) is 0 Å². The molecule has 3 amide bonds. The standard InChI is InChI=1S/C13H16N4O4/c1-10(18)15-5-7-16(8-6-15)13(19)14-11-3-2-4-12(9-11)17(20)21/h2-4,9H,5-8H2,1H3,(H,14,19). The Morgan fingerprint density at radius 1 is 1.19 bits per heavy atom. The van der Waals surface area contributed by atoms with Crippen LogP contribution in [0, 0.1) is 10.1 Å². The van der Waals surface area contributed by atoms with E-state index in [-0.39, 0.29) is 17.6 Å². The van der Waals surface area contributed by atoms with Crippen LogP contribution in [0.1, 0.15) is 6.92 Å². The molecule has 0 aliphatic carbocycles. The number of nitrogens with one attached hydrogen (secondary N) is 1. The summed E-state index contributed by atoms with van der Waals surface area (Å²) in [6.07, 6.45) is 0. The second-order valence-electron chi connectivity index (χ2n) is 4.73. The third-order valence-electron chi connectivity index (χ3n) is 3.32. The van der Waals surface area contributed by atoms with Crippen LogP contribution in [0.2, 0.25) is 0 Å². The number of carbonyl (C=O) groups is 2. The van der Waals surface area contributed by atoms with Crippen LogP contribution in [0.5, 0.6) is 0 Å². The molecule has 1 aliphatic rings. The average molecular weight is 292 g/mol. The van der Waals surface area contributed by atoms with Crippen molar-refractivity contribution in [3.63, 3.8) is 0 Å². The highest BCUT2D eigenvalue weighted by atomic mass is 16.6. The van der Waals surface area contributed by atoms with Crippen LogP contribution in [-0.2, 0) is 4.79 Å². The zero-order chi connectivity index (χ0) is 15.4. The van der Waals surface area contributed by atoms with E-state index in [2.05, 4.69) is 5.32 Å². The average Bonchev–Trinajstić information content (AvgIpc) is 2.47. The van der Waals surface area contributed by atoms with Gasteiger partial charge in [-0.05, 0) is 6.07 Å². The number of non-ortho nitro benzene ring substituents is 1. The predicted molar refractivity (Wildman–Crippen MR) is 75.9 cm³/mol. The molecule has 21 heavy (non-hydrogen) atoms. The van der Waals surface area contributed by atoms with Crippen LogP contribution in [-0.4, -0.2) is 52.8 Å². The van der Waals surface area contributed by atoms with E-state index in [1.54, 1.807) is 15.9 Å². The lowest BCUT2D eigenvalue weighted by Gasteiger charge is -2.34. The minimum Gasteiger partial charge on any atom is -0.339 e. The Labute approximate surface area is 121 Å². The van der Waals surface area contributed by atoms with Crippen LogP contribution < -0.4 is 5.32 Å². The fraction of sp³-hybridized carbons (Fsp3) is 0.385. The maximum atomic E-state index is 12.1. The zero-order valence-corrected chi connectivity index (χ0v) is 11.6. The van der Waals surface area contributed by atoms with Gasteiger partial charge in [0.2, 0.25) is 5.91 Å². The molecule has 1 aliphatic heterocycles. The molecule has 0 spiro atoms. The Morgan fingerprint density at radius 2 is 1.81 bits per heavy atom. The van der Waals surface area contributed by atoms with Gasteiger partial charge in [0.05, 0.1) is 4.92 Å². The number of benzene rings is 1. The number of urea groups is 1. The quantitative estimate of drug-likeness (QED) is 0.656. The highest BCUT2D eigenvalue weighted by molar-refractivity contribution is 5.89. The van der Waals surface area contributed by atoms with E-state index < -0.39 is 4.92 Å². The molecule has 0 bridgehead atoms. The Bertz CT molecular complexity index is 567. The highest BCUT2D eigenvalue weighted by Crippen LogP contribution is 2.17. The van der Waals surface area contributed by atoms with Gasteiger partial charge in [-0.3, -0.25) is 14.9 Å². The molecule has 8 heteroatoms. The van der Waals surface area contributed by atoms with E-state index in [4.69, 9.17) is 0 Å². The van der Waals surface area contributed by atoms with Gasteiger partial charge in [0, 0.05) is 50.9 Å². The van der Waals surface area contributed by atoms with Crippen molar-refractivity contribution in [1.82, 2.24) is 9.80 Å². The van der Waals surface area contributed by atoms with E-state index in [1.165, 1.54) is 25.1 Å². The second kappa shape index (κ2) is 6.21. The van der Waals surface area contributed by atoms with Crippen molar-refractivity contribution in [2.24, 2.45) is 0 Å². The summed E-state index contributed by atoms with van der Waals surface area (Å²) >= 11 is 0. The van der Waals surface area contributed by atoms with Gasteiger partial charge >= 0.3 is 6.03 Å². The van der Waals surface area contributed by atoms with Crippen molar-refractivity contribution in [3.8, 4) is 0 Å². The second-order valence-corrected chi connectivity index (χ2v) is 4.73. The van der Waals surface area contributed by atoms with Crippen molar-refractivity contribution in [2.45, 2.75) is 6.92 Å². The van der Waals surface area contributed by atoms with Crippen LogP contribution >= 0.6 is 0 Å². The normalized spacial score (nSPS) is 14.7. The van der Waals surface area contributed by atoms with E-state index in [9.17, 15) is 19.7 Å². The van der Waals surface area contributed by atoms with Crippen molar-refractivity contribution < 1.29 is 14.5 Å². The van der Waals surface area contributed by atoms with Gasteiger partial charge in [0.15, 0.2) is 0 Å². The van der Waals surface area contributed by atoms with Crippen molar-refractivity contribution in [2.75, 3.05) is 31.5 Å². The maximum Gasteiger partial charge on any atom is 0.321 e. The lowest BCUT2D eigenvalue weighted by atomic mass is 10.3. The number of anilines is 1. The topological polar surface area (TPSA) is 95.8 Å². The number of rotatable bonds is 2. The van der Waals surface area contributed by atoms with Crippen molar-refractivity contribution in [3.05, 3.63) is 34.4 Å². The Hall–Kier alpha value is -2.64. The summed E-state index contributed by atoms with van der Waals surface area (Å²) in [4.78, 5) is 36.7. The molecule has 0 unspecified atom stereocenters. The fourth-order valence-corrected chi connectivity index (χ4v) is 2.12. The first-order valence-electron chi connectivity index (χ1n) is 6.53. The number of nitro groups is 1. The number of amides is 3. The number of nitro benzene ring substituents is 1. The van der Waals surface area contributed by atoms with Gasteiger partial charge in [-0.25, -0.2) is 4.79 Å². The van der Waals surface area contributed by atoms with Crippen molar-refractivity contribution in [1.29, 1.82) is 0 Å². The lowest BCUT2D eigenvalue weighted by molar-refractivity contribution is -0.384. The highest BCUT2D eigenvalue weighted by Gasteiger charge is 2.22. The summed E-state index contributed by atoms with van der Waals surface area (Å²) in [6, 6.07) is 5.46. The number of hydrogen-bond acceptors (Lipinski definition) is 4. The Kier molecular flexibility index (Phi) is 4.36. The first-order chi connectivity index (χ1) is 9.97. The lowest BCUT2D eigenvalue weighted by Crippen LogP contribution is -2.51. The van der Waals surface area contributed by atoms with Crippen LogP contribution in [0.4, 0.5) is 16.2 Å². The van der Waals surface area contributed by atoms with Gasteiger partial charge in [-0.1, -0.05) is 6.07 Å². The maximum absolute atomic E-state index is 12.1. The summed E-state index contributed by atoms with van der Waals surface area (Å²) in [5.41, 5.74) is 0.303. The first-order valence-corrected chi connectivity index (χ1v) is 6.53. The van der Waals surface area contributed by atoms with Crippen LogP contribution in [0.15, 0.2) is 24.3 Å². The molecule has 1 fully saturated rings. The molecule has 8 nitrogen and oxygen atoms in total. The number of nitrogens with zero attached hydrogens (tertiary/aromatic N) is 3. The molecule has 112 valence electrons. The van der Waals surface area contributed by atoms with E-state index in [0.717, 1.165) is 0 Å². The molecule has 1 aromatic carbocycles. The minimum atomic E-state index is -0.513. The molecule has 0 atom stereocenters. The molecule has 1 heterocycles. The third kappa shape index (κ3) is 3.68. The van der Waals surface area contributed by atoms with E-state index >= 15 is 0 Å². The monoisotopic (exact) mass is 292 g/mol. The summed E-state index contributed by atoms with van der Waals surface area (Å²) in [6.45, 7) is 3.38. The molecule has 0 saturated carbocycles. The number of carbonyl (C=O) groups excluding carboxylic acids is 2. The fourth-order valence-electron chi connectivity index (χ4n) is 2.12. The SMILES string of the molecule is CC(=O)N1CCN(C(=O)Nc2cccc([N+](=O)[O-])c2)CC1. The Balaban J connectivity index is 1.95. The smallest absolute Gasteiger partial charge is 0.321 e. The van der Waals surface area contributed by atoms with E-state index in [0.29, 0.717) is 31.9 Å². The zero-order valence-electron chi connectivity index (χ0n) is 11.6. The van der Waals surface area contributed by atoms with Crippen LogP contribution in [0.25, 0.3) is 0 Å². The summed E-state index contributed by atoms with van der Waals surface area (Å²) in [5, 5.41) is 13.3. The molecule has 0 aromatic heterocycles. The van der Waals surface area contributed by atoms with Gasteiger partial charge in [0.1, 0.15) is 0 Å². The molecule has 2 rings (SSSR count). The molecule has 0 radical (unpaired) electrons. The van der Waals surface area contributed by atoms with Crippen LogP contribution in [0.3, 0.4) is 0 Å². The molecular formula is C13H16N4O4. The molecule has 1 N–H and O–H groups in total. The largest absolute Gasteiger partial charge is 0.339 e. The molecule has 1 saturated heterocycles. The van der Waals surface area contributed by atoms with Gasteiger partial charge in [0.25, 0.3) is 5.69 Å². The minimum absolute atomic E-state index is 0.00579. The summed E-state index contributed by atoms with van der Waals surface area (Å²) in [7, 11) is 0. The predicted octanol–water partition coefficient (Wildman–Crippen LogP) is 1.29. The molecular weight excluding hydrogens is 276 g/mol. The third-order valence-corrected chi connectivity index (χ3v) is 3.32. The first kappa shape index (κ1) is 14.8. The molecule has 1 aromatic rings. The number of hydrogen-bond donors (Lipinski definition) is 1. The van der Waals surface area contributed by atoms with Gasteiger partial charge < -0.3 is 15.1 Å².